The molecule has 12 heteroatoms. The van der Waals surface area contributed by atoms with E-state index in [4.69, 9.17) is 4.74 Å². The number of hydrogen-bond donors (Lipinski definition) is 1. The summed E-state index contributed by atoms with van der Waals surface area (Å²) in [5.74, 6) is -4.39. The van der Waals surface area contributed by atoms with Crippen LogP contribution in [-0.4, -0.2) is 103 Å². The second-order valence-corrected chi connectivity index (χ2v) is 10.9. The number of halogens is 1. The highest BCUT2D eigenvalue weighted by atomic mass is 19.1. The second-order valence-electron chi connectivity index (χ2n) is 10.9. The van der Waals surface area contributed by atoms with Gasteiger partial charge in [-0.25, -0.2) is 9.38 Å². The van der Waals surface area contributed by atoms with E-state index in [1.165, 1.54) is 48.0 Å². The first-order valence-electron chi connectivity index (χ1n) is 12.8. The molecule has 0 aromatic heterocycles. The average molecular weight is 544 g/mol. The molecule has 5 rings (SSSR count). The summed E-state index contributed by atoms with van der Waals surface area (Å²) in [6.45, 7) is 2.09. The second kappa shape index (κ2) is 10.5. The molecule has 0 spiro atoms. The highest BCUT2D eigenvalue weighted by Crippen LogP contribution is 2.49. The molecule has 2 bridgehead atoms. The molecule has 4 aliphatic rings. The van der Waals surface area contributed by atoms with Gasteiger partial charge in [0.05, 0.1) is 6.61 Å². The standard InChI is InChI=1S/C27H34FN5O6/c1-16-12-17(6-7-18(16)28)13-29-21(35)19-20(34)22(36)33-14-26(15-39-5)8-10-27(11-9-26,25(33)30-19)32(4)24(38)23(37)31(2)3/h6-7,12,19H,8-11,13-15H2,1-5H3,(H,29,35). The van der Waals surface area contributed by atoms with Gasteiger partial charge in [0.2, 0.25) is 0 Å². The Morgan fingerprint density at radius 3 is 2.38 bits per heavy atom. The number of amides is 4. The van der Waals surface area contributed by atoms with Crippen molar-refractivity contribution in [2.24, 2.45) is 10.4 Å². The van der Waals surface area contributed by atoms with E-state index in [-0.39, 0.29) is 24.7 Å². The molecule has 1 aromatic carbocycles. The lowest BCUT2D eigenvalue weighted by Gasteiger charge is -2.47. The number of Topliss-reactive ketones (excluding diaryl/α,β-unsaturated/α-hetero) is 1. The van der Waals surface area contributed by atoms with Crippen LogP contribution in [0.4, 0.5) is 4.39 Å². The number of carbonyl (C=O) groups is 5. The Hall–Kier alpha value is -3.67. The van der Waals surface area contributed by atoms with Gasteiger partial charge in [-0.2, -0.15) is 0 Å². The predicted molar refractivity (Wildman–Crippen MR) is 138 cm³/mol. The summed E-state index contributed by atoms with van der Waals surface area (Å²) in [7, 11) is 6.00. The molecule has 3 heterocycles. The number of aryl methyl sites for hydroxylation is 1. The SMILES string of the molecule is COCC12CCC(N(C)C(=O)C(=O)N(C)C)(CC1)C1=NC(C(=O)NCc3ccc(F)c(C)c3)C(=O)C(=O)N1C2. The number of hydrogen-bond acceptors (Lipinski definition) is 7. The van der Waals surface area contributed by atoms with Crippen molar-refractivity contribution < 1.29 is 33.1 Å². The number of methoxy groups -OCH3 is 1. The molecule has 1 unspecified atom stereocenters. The zero-order valence-corrected chi connectivity index (χ0v) is 22.9. The van der Waals surface area contributed by atoms with E-state index in [0.717, 1.165) is 0 Å². The van der Waals surface area contributed by atoms with Crippen molar-refractivity contribution in [3.05, 3.63) is 35.1 Å². The molecule has 1 aromatic rings. The van der Waals surface area contributed by atoms with Crippen molar-refractivity contribution in [3.63, 3.8) is 0 Å². The van der Waals surface area contributed by atoms with E-state index in [1.807, 2.05) is 0 Å². The summed E-state index contributed by atoms with van der Waals surface area (Å²) in [4.78, 5) is 73.9. The summed E-state index contributed by atoms with van der Waals surface area (Å²) in [5.41, 5.74) is -0.608. The van der Waals surface area contributed by atoms with E-state index in [9.17, 15) is 28.4 Å². The molecule has 3 aliphatic heterocycles. The van der Waals surface area contributed by atoms with Crippen LogP contribution in [0.5, 0.6) is 0 Å². The minimum atomic E-state index is -1.65. The van der Waals surface area contributed by atoms with Gasteiger partial charge in [-0.1, -0.05) is 12.1 Å². The van der Waals surface area contributed by atoms with E-state index in [2.05, 4.69) is 10.3 Å². The van der Waals surface area contributed by atoms with Crippen LogP contribution in [-0.2, 0) is 35.3 Å². The van der Waals surface area contributed by atoms with Gasteiger partial charge >= 0.3 is 11.8 Å². The fraction of sp³-hybridized carbons (Fsp3) is 0.556. The number of ketones is 1. The molecule has 2 saturated heterocycles. The summed E-state index contributed by atoms with van der Waals surface area (Å²) in [5, 5.41) is 2.62. The predicted octanol–water partition coefficient (Wildman–Crippen LogP) is 0.435. The third-order valence-corrected chi connectivity index (χ3v) is 8.18. The quantitative estimate of drug-likeness (QED) is 0.410. The lowest BCUT2D eigenvalue weighted by atomic mass is 9.68. The van der Waals surface area contributed by atoms with Gasteiger partial charge in [0.1, 0.15) is 17.2 Å². The van der Waals surface area contributed by atoms with Crippen LogP contribution in [0.25, 0.3) is 0 Å². The molecule has 1 N–H and O–H groups in total. The zero-order chi connectivity index (χ0) is 28.7. The van der Waals surface area contributed by atoms with Crippen molar-refractivity contribution in [3.8, 4) is 0 Å². The van der Waals surface area contributed by atoms with Crippen LogP contribution in [0.1, 0.15) is 36.8 Å². The molecule has 210 valence electrons. The number of fused-ring (bicyclic) bond motifs is 2. The molecule has 4 amide bonds. The Labute approximate surface area is 226 Å². The van der Waals surface area contributed by atoms with Crippen LogP contribution < -0.4 is 5.32 Å². The number of likely N-dealkylation sites (N-methyl/N-ethyl adjacent to an activating group) is 2. The molecule has 0 radical (unpaired) electrons. The van der Waals surface area contributed by atoms with Crippen molar-refractivity contribution in [1.29, 1.82) is 0 Å². The highest BCUT2D eigenvalue weighted by molar-refractivity contribution is 6.46. The maximum atomic E-state index is 13.6. The topological polar surface area (TPSA) is 129 Å². The number of ether oxygens (including phenoxy) is 1. The molecular formula is C27H34FN5O6. The number of aliphatic imine (C=N–C) groups is 1. The van der Waals surface area contributed by atoms with E-state index in [0.29, 0.717) is 43.4 Å². The summed E-state index contributed by atoms with van der Waals surface area (Å²) >= 11 is 0. The molecule has 1 aliphatic carbocycles. The normalized spacial score (nSPS) is 25.9. The Morgan fingerprint density at radius 2 is 1.79 bits per heavy atom. The average Bonchev–Trinajstić information content (AvgIpc) is 3.14. The van der Waals surface area contributed by atoms with E-state index in [1.54, 1.807) is 20.1 Å². The number of carbonyl (C=O) groups excluding carboxylic acids is 5. The summed E-state index contributed by atoms with van der Waals surface area (Å²) in [6, 6.07) is 2.73. The largest absolute Gasteiger partial charge is 0.384 e. The van der Waals surface area contributed by atoms with Crippen molar-refractivity contribution in [2.75, 3.05) is 41.4 Å². The Kier molecular flexibility index (Phi) is 7.61. The number of amidine groups is 1. The molecule has 1 saturated carbocycles. The van der Waals surface area contributed by atoms with E-state index >= 15 is 0 Å². The Bertz CT molecular complexity index is 1250. The van der Waals surface area contributed by atoms with Crippen molar-refractivity contribution in [1.82, 2.24) is 20.0 Å². The molecular weight excluding hydrogens is 509 g/mol. The summed E-state index contributed by atoms with van der Waals surface area (Å²) in [6.07, 6.45) is 1.87. The highest BCUT2D eigenvalue weighted by Gasteiger charge is 2.59. The zero-order valence-electron chi connectivity index (χ0n) is 22.9. The van der Waals surface area contributed by atoms with Gasteiger partial charge < -0.3 is 19.9 Å². The van der Waals surface area contributed by atoms with Crippen LogP contribution in [0.15, 0.2) is 23.2 Å². The third-order valence-electron chi connectivity index (χ3n) is 8.18. The number of rotatable bonds is 6. The first-order valence-corrected chi connectivity index (χ1v) is 12.8. The van der Waals surface area contributed by atoms with Crippen LogP contribution in [0, 0.1) is 18.2 Å². The van der Waals surface area contributed by atoms with Crippen LogP contribution in [0.2, 0.25) is 0 Å². The Balaban J connectivity index is 1.72. The minimum Gasteiger partial charge on any atom is -0.384 e. The van der Waals surface area contributed by atoms with Gasteiger partial charge in [0.25, 0.3) is 17.6 Å². The molecule has 39 heavy (non-hydrogen) atoms. The smallest absolute Gasteiger partial charge is 0.312 e. The number of benzene rings is 1. The lowest BCUT2D eigenvalue weighted by molar-refractivity contribution is -0.152. The third kappa shape index (κ3) is 4.93. The van der Waals surface area contributed by atoms with Gasteiger partial charge in [0, 0.05) is 46.8 Å². The van der Waals surface area contributed by atoms with Crippen molar-refractivity contribution in [2.45, 2.75) is 50.7 Å². The first kappa shape index (κ1) is 28.3. The first-order chi connectivity index (χ1) is 18.4. The fourth-order valence-electron chi connectivity index (χ4n) is 5.82. The fourth-order valence-corrected chi connectivity index (χ4v) is 5.82. The molecule has 1 atom stereocenters. The maximum Gasteiger partial charge on any atom is 0.312 e. The van der Waals surface area contributed by atoms with Gasteiger partial charge in [-0.3, -0.25) is 28.9 Å². The van der Waals surface area contributed by atoms with Crippen LogP contribution in [0.3, 0.4) is 0 Å². The van der Waals surface area contributed by atoms with Gasteiger partial charge in [-0.15, -0.1) is 0 Å². The molecule has 11 nitrogen and oxygen atoms in total. The Morgan fingerprint density at radius 1 is 1.13 bits per heavy atom. The number of nitrogens with zero attached hydrogens (tertiary/aromatic N) is 4. The van der Waals surface area contributed by atoms with E-state index < -0.39 is 46.4 Å². The lowest BCUT2D eigenvalue weighted by Crippen LogP contribution is -2.65. The number of nitrogens with one attached hydrogen (secondary N) is 1. The maximum absolute atomic E-state index is 13.6. The van der Waals surface area contributed by atoms with Gasteiger partial charge in [-0.05, 0) is 49.8 Å². The minimum absolute atomic E-state index is 0.00428. The molecule has 3 fully saturated rings. The monoisotopic (exact) mass is 543 g/mol. The van der Waals surface area contributed by atoms with Gasteiger partial charge in [0.15, 0.2) is 6.04 Å². The van der Waals surface area contributed by atoms with Crippen LogP contribution >= 0.6 is 0 Å². The summed E-state index contributed by atoms with van der Waals surface area (Å²) < 4.78 is 19.1. The van der Waals surface area contributed by atoms with Crippen molar-refractivity contribution >= 4 is 35.2 Å².